The van der Waals surface area contributed by atoms with Crippen molar-refractivity contribution in [3.63, 3.8) is 0 Å². The van der Waals surface area contributed by atoms with E-state index in [0.29, 0.717) is 39.4 Å². The van der Waals surface area contributed by atoms with Gasteiger partial charge in [-0.05, 0) is 6.92 Å². The molecule has 0 unspecified atom stereocenters. The molecular formula is C11H22N4O3S. The van der Waals surface area contributed by atoms with E-state index in [0.717, 1.165) is 0 Å². The van der Waals surface area contributed by atoms with Crippen molar-refractivity contribution >= 4 is 10.0 Å². The highest BCUT2D eigenvalue weighted by Gasteiger charge is 2.24. The lowest BCUT2D eigenvalue weighted by Gasteiger charge is -2.19. The van der Waals surface area contributed by atoms with Gasteiger partial charge in [0.05, 0.1) is 19.3 Å². The van der Waals surface area contributed by atoms with Gasteiger partial charge in [-0.25, -0.2) is 8.42 Å². The summed E-state index contributed by atoms with van der Waals surface area (Å²) in [6.07, 6.45) is 2.86. The van der Waals surface area contributed by atoms with Crippen LogP contribution in [0.1, 0.15) is 13.8 Å². The fourth-order valence-corrected chi connectivity index (χ4v) is 3.03. The van der Waals surface area contributed by atoms with Crippen molar-refractivity contribution < 1.29 is 13.2 Å². The molecule has 0 fully saturated rings. The second-order valence-electron chi connectivity index (χ2n) is 3.92. The maximum Gasteiger partial charge on any atom is 0.246 e. The lowest BCUT2D eigenvalue weighted by molar-refractivity contribution is 0.135. The minimum Gasteiger partial charge on any atom is -0.380 e. The Morgan fingerprint density at radius 1 is 1.47 bits per heavy atom. The standard InChI is InChI=1S/C11H22N4O3S/c1-3-15(7-8-18-4-2)19(16,17)11-9-13-14(10-11)6-5-12/h9-10H,3-8,12H2,1-2H3. The molecule has 8 heteroatoms. The maximum absolute atomic E-state index is 12.4. The molecule has 110 valence electrons. The first-order valence-corrected chi connectivity index (χ1v) is 7.80. The lowest BCUT2D eigenvalue weighted by Crippen LogP contribution is -2.33. The third kappa shape index (κ3) is 4.27. The van der Waals surface area contributed by atoms with Crippen LogP contribution in [0.3, 0.4) is 0 Å². The van der Waals surface area contributed by atoms with Crippen molar-refractivity contribution in [2.45, 2.75) is 25.3 Å². The Morgan fingerprint density at radius 2 is 2.21 bits per heavy atom. The molecule has 0 aliphatic carbocycles. The largest absolute Gasteiger partial charge is 0.380 e. The molecular weight excluding hydrogens is 268 g/mol. The predicted molar refractivity (Wildman–Crippen MR) is 72.2 cm³/mol. The maximum atomic E-state index is 12.4. The molecule has 0 bridgehead atoms. The molecule has 0 aromatic carbocycles. The molecule has 2 N–H and O–H groups in total. The molecule has 0 atom stereocenters. The average molecular weight is 290 g/mol. The van der Waals surface area contributed by atoms with Gasteiger partial charge in [-0.3, -0.25) is 4.68 Å². The van der Waals surface area contributed by atoms with Crippen LogP contribution in [0.15, 0.2) is 17.3 Å². The summed E-state index contributed by atoms with van der Waals surface area (Å²) in [6.45, 7) is 6.30. The monoisotopic (exact) mass is 290 g/mol. The normalized spacial score (nSPS) is 12.2. The van der Waals surface area contributed by atoms with Crippen LogP contribution >= 0.6 is 0 Å². The molecule has 0 radical (unpaired) electrons. The zero-order valence-corrected chi connectivity index (χ0v) is 12.3. The summed E-state index contributed by atoms with van der Waals surface area (Å²) < 4.78 is 32.8. The van der Waals surface area contributed by atoms with Gasteiger partial charge in [0.25, 0.3) is 0 Å². The van der Waals surface area contributed by atoms with E-state index >= 15 is 0 Å². The minimum atomic E-state index is -3.50. The Kier molecular flexibility index (Phi) is 6.43. The van der Waals surface area contributed by atoms with Crippen molar-refractivity contribution in [1.82, 2.24) is 14.1 Å². The fraction of sp³-hybridized carbons (Fsp3) is 0.727. The van der Waals surface area contributed by atoms with Crippen LogP contribution in [0, 0.1) is 0 Å². The van der Waals surface area contributed by atoms with Gasteiger partial charge >= 0.3 is 0 Å². The number of nitrogens with two attached hydrogens (primary N) is 1. The first-order valence-electron chi connectivity index (χ1n) is 6.36. The fourth-order valence-electron chi connectivity index (χ4n) is 1.64. The molecule has 0 spiro atoms. The van der Waals surface area contributed by atoms with Gasteiger partial charge < -0.3 is 10.5 Å². The number of likely N-dealkylation sites (N-methyl/N-ethyl adjacent to an activating group) is 1. The Bertz CT molecular complexity index is 472. The third-order valence-corrected chi connectivity index (χ3v) is 4.57. The number of ether oxygens (including phenoxy) is 1. The van der Waals surface area contributed by atoms with E-state index in [9.17, 15) is 8.42 Å². The van der Waals surface area contributed by atoms with Gasteiger partial charge in [0, 0.05) is 32.4 Å². The van der Waals surface area contributed by atoms with Crippen LogP contribution in [0.25, 0.3) is 0 Å². The first kappa shape index (κ1) is 16.1. The third-order valence-electron chi connectivity index (χ3n) is 2.65. The summed E-state index contributed by atoms with van der Waals surface area (Å²) in [5, 5.41) is 3.98. The number of aromatic nitrogens is 2. The SMILES string of the molecule is CCOCCN(CC)S(=O)(=O)c1cnn(CCN)c1. The topological polar surface area (TPSA) is 90.5 Å². The van der Waals surface area contributed by atoms with Crippen LogP contribution in [-0.2, 0) is 21.3 Å². The summed E-state index contributed by atoms with van der Waals surface area (Å²) in [5.41, 5.74) is 5.41. The molecule has 1 aromatic rings. The molecule has 1 heterocycles. The van der Waals surface area contributed by atoms with Crippen molar-refractivity contribution in [2.24, 2.45) is 5.73 Å². The number of hydrogen-bond acceptors (Lipinski definition) is 5. The number of rotatable bonds is 9. The van der Waals surface area contributed by atoms with Crippen molar-refractivity contribution in [2.75, 3.05) is 32.8 Å². The van der Waals surface area contributed by atoms with Gasteiger partial charge in [-0.15, -0.1) is 0 Å². The lowest BCUT2D eigenvalue weighted by atomic mass is 10.6. The molecule has 19 heavy (non-hydrogen) atoms. The van der Waals surface area contributed by atoms with Crippen molar-refractivity contribution in [1.29, 1.82) is 0 Å². The van der Waals surface area contributed by atoms with E-state index in [-0.39, 0.29) is 4.90 Å². The zero-order valence-electron chi connectivity index (χ0n) is 11.4. The Balaban J connectivity index is 2.80. The minimum absolute atomic E-state index is 0.194. The van der Waals surface area contributed by atoms with E-state index < -0.39 is 10.0 Å². The summed E-state index contributed by atoms with van der Waals surface area (Å²) in [7, 11) is -3.50. The molecule has 1 aromatic heterocycles. The van der Waals surface area contributed by atoms with E-state index in [1.165, 1.54) is 21.4 Å². The molecule has 0 saturated carbocycles. The average Bonchev–Trinajstić information content (AvgIpc) is 2.84. The van der Waals surface area contributed by atoms with Gasteiger partial charge in [-0.1, -0.05) is 6.92 Å². The van der Waals surface area contributed by atoms with Crippen molar-refractivity contribution in [3.8, 4) is 0 Å². The quantitative estimate of drug-likeness (QED) is 0.641. The Morgan fingerprint density at radius 3 is 2.79 bits per heavy atom. The second kappa shape index (κ2) is 7.59. The molecule has 0 aliphatic heterocycles. The van der Waals surface area contributed by atoms with Gasteiger partial charge in [0.1, 0.15) is 4.90 Å². The van der Waals surface area contributed by atoms with Crippen LogP contribution in [0.2, 0.25) is 0 Å². The van der Waals surface area contributed by atoms with Crippen LogP contribution in [-0.4, -0.2) is 55.4 Å². The van der Waals surface area contributed by atoms with Crippen LogP contribution < -0.4 is 5.73 Å². The van der Waals surface area contributed by atoms with E-state index in [4.69, 9.17) is 10.5 Å². The van der Waals surface area contributed by atoms with Gasteiger partial charge in [0.2, 0.25) is 10.0 Å². The van der Waals surface area contributed by atoms with Crippen LogP contribution in [0.5, 0.6) is 0 Å². The molecule has 0 aliphatic rings. The molecule has 7 nitrogen and oxygen atoms in total. The number of nitrogens with zero attached hydrogens (tertiary/aromatic N) is 3. The molecule has 0 saturated heterocycles. The zero-order chi connectivity index (χ0) is 14.3. The molecule has 1 rings (SSSR count). The summed E-state index contributed by atoms with van der Waals surface area (Å²) in [6, 6.07) is 0. The van der Waals surface area contributed by atoms with E-state index in [1.54, 1.807) is 6.92 Å². The summed E-state index contributed by atoms with van der Waals surface area (Å²) in [5.74, 6) is 0. The summed E-state index contributed by atoms with van der Waals surface area (Å²) in [4.78, 5) is 0.194. The summed E-state index contributed by atoms with van der Waals surface area (Å²) >= 11 is 0. The van der Waals surface area contributed by atoms with E-state index in [2.05, 4.69) is 5.10 Å². The highest BCUT2D eigenvalue weighted by Crippen LogP contribution is 2.14. The number of hydrogen-bond donors (Lipinski definition) is 1. The van der Waals surface area contributed by atoms with E-state index in [1.807, 2.05) is 6.92 Å². The second-order valence-corrected chi connectivity index (χ2v) is 5.86. The highest BCUT2D eigenvalue weighted by atomic mass is 32.2. The van der Waals surface area contributed by atoms with Crippen LogP contribution in [0.4, 0.5) is 0 Å². The number of sulfonamides is 1. The Hall–Kier alpha value is -0.960. The van der Waals surface area contributed by atoms with Crippen molar-refractivity contribution in [3.05, 3.63) is 12.4 Å². The smallest absolute Gasteiger partial charge is 0.246 e. The van der Waals surface area contributed by atoms with Gasteiger partial charge in [0.15, 0.2) is 0 Å². The highest BCUT2D eigenvalue weighted by molar-refractivity contribution is 7.89. The first-order chi connectivity index (χ1) is 9.06. The Labute approximate surface area is 114 Å². The predicted octanol–water partition coefficient (Wildman–Crippen LogP) is -0.111. The van der Waals surface area contributed by atoms with Gasteiger partial charge in [-0.2, -0.15) is 9.40 Å². The molecule has 0 amide bonds.